The lowest BCUT2D eigenvalue weighted by Crippen LogP contribution is -2.41. The third-order valence-electron chi connectivity index (χ3n) is 4.82. The van der Waals surface area contributed by atoms with Gasteiger partial charge in [-0.25, -0.2) is 0 Å². The molecule has 2 N–H and O–H groups in total. The second kappa shape index (κ2) is 20.7. The molecule has 0 aromatic carbocycles. The van der Waals surface area contributed by atoms with Crippen molar-refractivity contribution in [1.29, 1.82) is 0 Å². The van der Waals surface area contributed by atoms with Crippen molar-refractivity contribution in [2.75, 3.05) is 52.7 Å². The second-order valence-electron chi connectivity index (χ2n) is 8.34. The molecule has 12 nitrogen and oxygen atoms in total. The summed E-state index contributed by atoms with van der Waals surface area (Å²) in [6.07, 6.45) is 0.935. The molecule has 0 radical (unpaired) electrons. The lowest BCUT2D eigenvalue weighted by Gasteiger charge is -2.26. The molecule has 0 aromatic rings. The molecule has 12 heteroatoms. The highest BCUT2D eigenvalue weighted by atomic mass is 16.7. The van der Waals surface area contributed by atoms with Crippen LogP contribution in [0.15, 0.2) is 0 Å². The Hall–Kier alpha value is -2.28. The first-order valence-corrected chi connectivity index (χ1v) is 13.0. The van der Waals surface area contributed by atoms with Crippen LogP contribution in [0.2, 0.25) is 0 Å². The second-order valence-corrected chi connectivity index (χ2v) is 8.34. The number of hydrogen-bond donors (Lipinski definition) is 2. The van der Waals surface area contributed by atoms with Gasteiger partial charge < -0.3 is 39.1 Å². The van der Waals surface area contributed by atoms with Crippen molar-refractivity contribution in [3.8, 4) is 0 Å². The molecule has 0 aliphatic heterocycles. The summed E-state index contributed by atoms with van der Waals surface area (Å²) in [6.45, 7) is 12.9. The fourth-order valence-electron chi connectivity index (χ4n) is 3.11. The standard InChI is InChI=1S/C25H46N2O10/c1-7-32-21(28)17-19(23(30)34-9-3)26-13-11-15-36-25(5,6)37-16-12-14-27-20(24(31)35-10-4)18-22(29)33-8-2/h19-20,26-27H,7-18H2,1-6H3. The molecular formula is C25H46N2O10. The normalized spacial score (nSPS) is 12.9. The predicted octanol–water partition coefficient (Wildman–Crippen LogP) is 1.48. The maximum Gasteiger partial charge on any atom is 0.323 e. The van der Waals surface area contributed by atoms with Crippen molar-refractivity contribution >= 4 is 23.9 Å². The van der Waals surface area contributed by atoms with Gasteiger partial charge in [-0.15, -0.1) is 0 Å². The van der Waals surface area contributed by atoms with E-state index >= 15 is 0 Å². The van der Waals surface area contributed by atoms with Crippen LogP contribution in [0.4, 0.5) is 0 Å². The minimum atomic E-state index is -0.850. The molecule has 37 heavy (non-hydrogen) atoms. The van der Waals surface area contributed by atoms with Gasteiger partial charge in [0.2, 0.25) is 0 Å². The largest absolute Gasteiger partial charge is 0.466 e. The molecule has 2 unspecified atom stereocenters. The minimum Gasteiger partial charge on any atom is -0.466 e. The van der Waals surface area contributed by atoms with E-state index < -0.39 is 41.7 Å². The Kier molecular flexibility index (Phi) is 19.5. The summed E-state index contributed by atoms with van der Waals surface area (Å²) in [5, 5.41) is 6.03. The lowest BCUT2D eigenvalue weighted by atomic mass is 10.2. The predicted molar refractivity (Wildman–Crippen MR) is 135 cm³/mol. The van der Waals surface area contributed by atoms with Crippen LogP contribution >= 0.6 is 0 Å². The molecule has 0 aliphatic rings. The van der Waals surface area contributed by atoms with Gasteiger partial charge in [0.05, 0.1) is 52.5 Å². The SMILES string of the molecule is CCOC(=O)CC(NCCCOC(C)(C)OCCCNC(CC(=O)OCC)C(=O)OCC)C(=O)OCC. The summed E-state index contributed by atoms with van der Waals surface area (Å²) in [5.74, 6) is -2.79. The number of ether oxygens (including phenoxy) is 6. The first kappa shape index (κ1) is 34.7. The zero-order chi connectivity index (χ0) is 28.1. The maximum atomic E-state index is 12.1. The van der Waals surface area contributed by atoms with Crippen LogP contribution < -0.4 is 10.6 Å². The number of rotatable bonds is 22. The zero-order valence-corrected chi connectivity index (χ0v) is 23.2. The van der Waals surface area contributed by atoms with Gasteiger partial charge in [0.25, 0.3) is 0 Å². The maximum absolute atomic E-state index is 12.1. The fraction of sp³-hybridized carbons (Fsp3) is 0.840. The van der Waals surface area contributed by atoms with Gasteiger partial charge in [0.15, 0.2) is 5.79 Å². The van der Waals surface area contributed by atoms with E-state index in [0.29, 0.717) is 39.1 Å². The Labute approximate surface area is 220 Å². The molecule has 216 valence electrons. The van der Waals surface area contributed by atoms with Crippen LogP contribution in [0.3, 0.4) is 0 Å². The smallest absolute Gasteiger partial charge is 0.323 e. The van der Waals surface area contributed by atoms with Crippen LogP contribution in [-0.4, -0.2) is 94.5 Å². The van der Waals surface area contributed by atoms with Crippen LogP contribution in [0.5, 0.6) is 0 Å². The van der Waals surface area contributed by atoms with Crippen molar-refractivity contribution in [3.63, 3.8) is 0 Å². The first-order chi connectivity index (χ1) is 17.6. The van der Waals surface area contributed by atoms with E-state index in [9.17, 15) is 19.2 Å². The number of esters is 4. The molecule has 0 aliphatic carbocycles. The van der Waals surface area contributed by atoms with Crippen LogP contribution in [0.25, 0.3) is 0 Å². The number of nitrogens with one attached hydrogen (secondary N) is 2. The molecular weight excluding hydrogens is 488 g/mol. The minimum absolute atomic E-state index is 0.104. The van der Waals surface area contributed by atoms with Crippen LogP contribution in [0.1, 0.15) is 67.2 Å². The Morgan fingerprint density at radius 2 is 0.973 bits per heavy atom. The van der Waals surface area contributed by atoms with E-state index in [0.717, 1.165) is 0 Å². The van der Waals surface area contributed by atoms with Crippen molar-refractivity contribution in [1.82, 2.24) is 10.6 Å². The highest BCUT2D eigenvalue weighted by Crippen LogP contribution is 2.12. The van der Waals surface area contributed by atoms with Crippen molar-refractivity contribution in [3.05, 3.63) is 0 Å². The van der Waals surface area contributed by atoms with E-state index in [1.165, 1.54) is 0 Å². The van der Waals surface area contributed by atoms with Crippen molar-refractivity contribution < 1.29 is 47.6 Å². The molecule has 0 saturated heterocycles. The average molecular weight is 535 g/mol. The Morgan fingerprint density at radius 3 is 1.30 bits per heavy atom. The van der Waals surface area contributed by atoms with Gasteiger partial charge in [0, 0.05) is 0 Å². The quantitative estimate of drug-likeness (QED) is 0.0897. The van der Waals surface area contributed by atoms with E-state index in [1.54, 1.807) is 41.5 Å². The van der Waals surface area contributed by atoms with E-state index in [2.05, 4.69) is 10.6 Å². The van der Waals surface area contributed by atoms with Gasteiger partial charge >= 0.3 is 23.9 Å². The summed E-state index contributed by atoms with van der Waals surface area (Å²) < 4.78 is 31.4. The van der Waals surface area contributed by atoms with Gasteiger partial charge in [0.1, 0.15) is 12.1 Å². The molecule has 0 heterocycles. The Morgan fingerprint density at radius 1 is 0.622 bits per heavy atom. The Balaban J connectivity index is 4.33. The highest BCUT2D eigenvalue weighted by Gasteiger charge is 2.25. The molecule has 0 amide bonds. The van der Waals surface area contributed by atoms with E-state index in [4.69, 9.17) is 28.4 Å². The number of hydrogen-bond acceptors (Lipinski definition) is 12. The molecule has 2 atom stereocenters. The van der Waals surface area contributed by atoms with Crippen LogP contribution in [-0.2, 0) is 47.6 Å². The highest BCUT2D eigenvalue weighted by molar-refractivity contribution is 5.83. The monoisotopic (exact) mass is 534 g/mol. The topological polar surface area (TPSA) is 148 Å². The third kappa shape index (κ3) is 17.7. The number of carbonyl (C=O) groups excluding carboxylic acids is 4. The van der Waals surface area contributed by atoms with Gasteiger partial charge in [-0.05, 0) is 67.5 Å². The summed E-state index contributed by atoms with van der Waals surface area (Å²) in [6, 6.07) is -1.56. The molecule has 0 spiro atoms. The molecule has 0 fully saturated rings. The van der Waals surface area contributed by atoms with E-state index in [1.807, 2.05) is 0 Å². The summed E-state index contributed by atoms with van der Waals surface area (Å²) in [5.41, 5.74) is 0. The zero-order valence-electron chi connectivity index (χ0n) is 23.2. The molecule has 0 bridgehead atoms. The lowest BCUT2D eigenvalue weighted by molar-refractivity contribution is -0.213. The van der Waals surface area contributed by atoms with Crippen molar-refractivity contribution in [2.24, 2.45) is 0 Å². The summed E-state index contributed by atoms with van der Waals surface area (Å²) in [7, 11) is 0. The average Bonchev–Trinajstić information content (AvgIpc) is 2.82. The van der Waals surface area contributed by atoms with Crippen molar-refractivity contribution in [2.45, 2.75) is 85.1 Å². The fourth-order valence-corrected chi connectivity index (χ4v) is 3.11. The number of carbonyl (C=O) groups is 4. The van der Waals surface area contributed by atoms with Gasteiger partial charge in [-0.1, -0.05) is 0 Å². The van der Waals surface area contributed by atoms with Gasteiger partial charge in [-0.3, -0.25) is 19.2 Å². The Bertz CT molecular complexity index is 618. The molecule has 0 rings (SSSR count). The summed E-state index contributed by atoms with van der Waals surface area (Å²) in [4.78, 5) is 47.6. The summed E-state index contributed by atoms with van der Waals surface area (Å²) >= 11 is 0. The molecule has 0 saturated carbocycles. The van der Waals surface area contributed by atoms with E-state index in [-0.39, 0.29) is 39.3 Å². The molecule has 0 aromatic heterocycles. The van der Waals surface area contributed by atoms with Gasteiger partial charge in [-0.2, -0.15) is 0 Å². The van der Waals surface area contributed by atoms with Crippen LogP contribution in [0, 0.1) is 0 Å². The first-order valence-electron chi connectivity index (χ1n) is 13.0. The third-order valence-corrected chi connectivity index (χ3v) is 4.82.